The molecule has 114 valence electrons. The maximum absolute atomic E-state index is 12.1. The normalized spacial score (nSPS) is 26.5. The quantitative estimate of drug-likeness (QED) is 0.774. The fraction of sp³-hybridized carbons (Fsp3) is 0.867. The third-order valence-corrected chi connectivity index (χ3v) is 4.94. The van der Waals surface area contributed by atoms with Crippen molar-refractivity contribution in [2.45, 2.75) is 58.5 Å². The lowest BCUT2D eigenvalue weighted by atomic mass is 9.76. The van der Waals surface area contributed by atoms with E-state index < -0.39 is 11.4 Å². The number of carboxylic acids is 1. The molecule has 1 saturated heterocycles. The number of carbonyl (C=O) groups excluding carboxylic acids is 1. The van der Waals surface area contributed by atoms with Gasteiger partial charge in [0.05, 0.1) is 5.41 Å². The Morgan fingerprint density at radius 3 is 2.50 bits per heavy atom. The van der Waals surface area contributed by atoms with E-state index in [1.165, 1.54) is 12.8 Å². The van der Waals surface area contributed by atoms with E-state index in [4.69, 9.17) is 0 Å². The maximum atomic E-state index is 12.1. The predicted octanol–water partition coefficient (Wildman–Crippen LogP) is 1.48. The SMILES string of the molecule is CC(C)C(C)(CC(=O)NC1CCN(C2CC2)C1)C(=O)O. The molecule has 2 unspecified atom stereocenters. The Labute approximate surface area is 120 Å². The highest BCUT2D eigenvalue weighted by Gasteiger charge is 2.40. The van der Waals surface area contributed by atoms with Crippen LogP contribution in [0.5, 0.6) is 0 Å². The van der Waals surface area contributed by atoms with Gasteiger partial charge < -0.3 is 10.4 Å². The van der Waals surface area contributed by atoms with Gasteiger partial charge >= 0.3 is 5.97 Å². The number of nitrogens with zero attached hydrogens (tertiary/aromatic N) is 1. The molecule has 20 heavy (non-hydrogen) atoms. The largest absolute Gasteiger partial charge is 0.481 e. The van der Waals surface area contributed by atoms with Gasteiger partial charge in [0.15, 0.2) is 0 Å². The molecule has 0 radical (unpaired) electrons. The van der Waals surface area contributed by atoms with E-state index in [1.54, 1.807) is 6.92 Å². The first-order valence-electron chi connectivity index (χ1n) is 7.59. The van der Waals surface area contributed by atoms with Gasteiger partial charge in [0.1, 0.15) is 0 Å². The smallest absolute Gasteiger partial charge is 0.310 e. The van der Waals surface area contributed by atoms with E-state index >= 15 is 0 Å². The molecule has 1 aliphatic carbocycles. The lowest BCUT2D eigenvalue weighted by molar-refractivity contribution is -0.153. The molecule has 0 aromatic rings. The molecular weight excluding hydrogens is 256 g/mol. The Bertz CT molecular complexity index is 393. The van der Waals surface area contributed by atoms with Crippen LogP contribution in [-0.2, 0) is 9.59 Å². The zero-order chi connectivity index (χ0) is 14.9. The third kappa shape index (κ3) is 3.32. The molecule has 5 heteroatoms. The lowest BCUT2D eigenvalue weighted by Crippen LogP contribution is -2.43. The van der Waals surface area contributed by atoms with Gasteiger partial charge in [0.2, 0.25) is 5.91 Å². The van der Waals surface area contributed by atoms with Crippen LogP contribution in [0.3, 0.4) is 0 Å². The van der Waals surface area contributed by atoms with E-state index in [2.05, 4.69) is 10.2 Å². The molecule has 1 amide bonds. The second-order valence-electron chi connectivity index (χ2n) is 6.83. The number of carbonyl (C=O) groups is 2. The van der Waals surface area contributed by atoms with Crippen LogP contribution in [0.4, 0.5) is 0 Å². The standard InChI is InChI=1S/C15H26N2O3/c1-10(2)15(3,14(19)20)8-13(18)16-11-6-7-17(9-11)12-4-5-12/h10-12H,4-9H2,1-3H3,(H,16,18)(H,19,20). The van der Waals surface area contributed by atoms with Crippen molar-refractivity contribution in [1.29, 1.82) is 0 Å². The Balaban J connectivity index is 1.84. The average Bonchev–Trinajstić information content (AvgIpc) is 3.10. The monoisotopic (exact) mass is 282 g/mol. The molecule has 5 nitrogen and oxygen atoms in total. The Morgan fingerprint density at radius 2 is 2.00 bits per heavy atom. The van der Waals surface area contributed by atoms with Crippen molar-refractivity contribution in [3.05, 3.63) is 0 Å². The number of likely N-dealkylation sites (tertiary alicyclic amines) is 1. The number of carboxylic acid groups (broad SMARTS) is 1. The summed E-state index contributed by atoms with van der Waals surface area (Å²) in [4.78, 5) is 26.0. The molecule has 2 N–H and O–H groups in total. The maximum Gasteiger partial charge on any atom is 0.310 e. The average molecular weight is 282 g/mol. The number of nitrogens with one attached hydrogen (secondary N) is 1. The minimum atomic E-state index is -0.987. The molecule has 2 fully saturated rings. The van der Waals surface area contributed by atoms with Gasteiger partial charge in [-0.1, -0.05) is 13.8 Å². The number of hydrogen-bond acceptors (Lipinski definition) is 3. The van der Waals surface area contributed by atoms with Crippen molar-refractivity contribution in [1.82, 2.24) is 10.2 Å². The van der Waals surface area contributed by atoms with Crippen LogP contribution in [0.1, 0.15) is 46.5 Å². The molecule has 0 aromatic heterocycles. The second kappa shape index (κ2) is 5.72. The zero-order valence-electron chi connectivity index (χ0n) is 12.7. The van der Waals surface area contributed by atoms with E-state index in [0.717, 1.165) is 25.6 Å². The minimum Gasteiger partial charge on any atom is -0.481 e. The van der Waals surface area contributed by atoms with Crippen molar-refractivity contribution >= 4 is 11.9 Å². The summed E-state index contributed by atoms with van der Waals surface area (Å²) >= 11 is 0. The summed E-state index contributed by atoms with van der Waals surface area (Å²) in [5, 5.41) is 12.4. The summed E-state index contributed by atoms with van der Waals surface area (Å²) in [6.45, 7) is 7.33. The third-order valence-electron chi connectivity index (χ3n) is 4.94. The van der Waals surface area contributed by atoms with Crippen molar-refractivity contribution < 1.29 is 14.7 Å². The summed E-state index contributed by atoms with van der Waals surface area (Å²) in [6, 6.07) is 0.921. The van der Waals surface area contributed by atoms with Gasteiger partial charge in [-0.2, -0.15) is 0 Å². The number of rotatable bonds is 6. The molecule has 1 saturated carbocycles. The first-order valence-corrected chi connectivity index (χ1v) is 7.59. The van der Waals surface area contributed by atoms with E-state index in [-0.39, 0.29) is 24.3 Å². The van der Waals surface area contributed by atoms with Crippen molar-refractivity contribution in [2.75, 3.05) is 13.1 Å². The minimum absolute atomic E-state index is 0.0555. The fourth-order valence-corrected chi connectivity index (χ4v) is 2.82. The van der Waals surface area contributed by atoms with Gasteiger partial charge in [-0.25, -0.2) is 0 Å². The van der Waals surface area contributed by atoms with Gasteiger partial charge in [-0.3, -0.25) is 14.5 Å². The Kier molecular flexibility index (Phi) is 4.37. The fourth-order valence-electron chi connectivity index (χ4n) is 2.82. The van der Waals surface area contributed by atoms with Crippen molar-refractivity contribution in [3.8, 4) is 0 Å². The highest BCUT2D eigenvalue weighted by atomic mass is 16.4. The molecule has 2 atom stereocenters. The summed E-state index contributed by atoms with van der Waals surface area (Å²) in [5.74, 6) is -1.10. The summed E-state index contributed by atoms with van der Waals surface area (Å²) in [7, 11) is 0. The first kappa shape index (κ1) is 15.3. The Morgan fingerprint density at radius 1 is 1.35 bits per heavy atom. The van der Waals surface area contributed by atoms with E-state index in [0.29, 0.717) is 0 Å². The molecule has 1 heterocycles. The molecule has 1 aliphatic heterocycles. The molecule has 2 aliphatic rings. The highest BCUT2D eigenvalue weighted by molar-refractivity contribution is 5.85. The highest BCUT2D eigenvalue weighted by Crippen LogP contribution is 2.32. The van der Waals surface area contributed by atoms with Crippen LogP contribution in [0.15, 0.2) is 0 Å². The number of hydrogen-bond donors (Lipinski definition) is 2. The van der Waals surface area contributed by atoms with Gasteiger partial charge in [0.25, 0.3) is 0 Å². The Hall–Kier alpha value is -1.10. The second-order valence-corrected chi connectivity index (χ2v) is 6.83. The van der Waals surface area contributed by atoms with Crippen LogP contribution >= 0.6 is 0 Å². The topological polar surface area (TPSA) is 69.6 Å². The van der Waals surface area contributed by atoms with Gasteiger partial charge in [0, 0.05) is 31.6 Å². The van der Waals surface area contributed by atoms with E-state index in [1.807, 2.05) is 13.8 Å². The van der Waals surface area contributed by atoms with E-state index in [9.17, 15) is 14.7 Å². The van der Waals surface area contributed by atoms with Crippen molar-refractivity contribution in [2.24, 2.45) is 11.3 Å². The molecular formula is C15H26N2O3. The van der Waals surface area contributed by atoms with Gasteiger partial charge in [-0.05, 0) is 32.1 Å². The molecule has 0 spiro atoms. The van der Waals surface area contributed by atoms with Crippen LogP contribution in [0.25, 0.3) is 0 Å². The van der Waals surface area contributed by atoms with Crippen LogP contribution < -0.4 is 5.32 Å². The zero-order valence-corrected chi connectivity index (χ0v) is 12.7. The molecule has 0 aromatic carbocycles. The van der Waals surface area contributed by atoms with Crippen LogP contribution in [0, 0.1) is 11.3 Å². The summed E-state index contributed by atoms with van der Waals surface area (Å²) in [6.07, 6.45) is 3.60. The summed E-state index contributed by atoms with van der Waals surface area (Å²) in [5.41, 5.74) is -0.987. The van der Waals surface area contributed by atoms with Crippen LogP contribution in [-0.4, -0.2) is 47.1 Å². The number of amides is 1. The number of aliphatic carboxylic acids is 1. The first-order chi connectivity index (χ1) is 9.33. The lowest BCUT2D eigenvalue weighted by Gasteiger charge is -2.29. The van der Waals surface area contributed by atoms with Gasteiger partial charge in [-0.15, -0.1) is 0 Å². The molecule has 2 rings (SSSR count). The predicted molar refractivity (Wildman–Crippen MR) is 76.3 cm³/mol. The molecule has 0 bridgehead atoms. The van der Waals surface area contributed by atoms with Crippen molar-refractivity contribution in [3.63, 3.8) is 0 Å². The van der Waals surface area contributed by atoms with Crippen LogP contribution in [0.2, 0.25) is 0 Å². The summed E-state index contributed by atoms with van der Waals surface area (Å²) < 4.78 is 0.